The minimum Gasteiger partial charge on any atom is -0.487 e. The number of piperazine rings is 1. The minimum atomic E-state index is -1.19. The summed E-state index contributed by atoms with van der Waals surface area (Å²) in [6, 6.07) is 2.02. The first kappa shape index (κ1) is 24.1. The predicted octanol–water partition coefficient (Wildman–Crippen LogP) is 1.28. The SMILES string of the molecule is CC#Cc1cnc2c(c1)OCC1CN(c3nc4c(c(NC(C)(C)COC(N)=O)n3)S(=O)CC4)CCN21. The zero-order chi connectivity index (χ0) is 25.4. The molecule has 3 N–H and O–H groups in total. The number of hydrogen-bond donors (Lipinski definition) is 2. The molecule has 190 valence electrons. The first-order chi connectivity index (χ1) is 17.2. The van der Waals surface area contributed by atoms with E-state index in [0.717, 1.165) is 29.4 Å². The van der Waals surface area contributed by atoms with Gasteiger partial charge in [0, 0.05) is 49.6 Å². The number of carbonyl (C=O) groups is 1. The number of nitrogens with one attached hydrogen (secondary N) is 1. The molecular weight excluding hydrogens is 482 g/mol. The van der Waals surface area contributed by atoms with Gasteiger partial charge in [0.2, 0.25) is 5.95 Å². The Bertz CT molecular complexity index is 1290. The number of ether oxygens (including phenoxy) is 2. The smallest absolute Gasteiger partial charge is 0.404 e. The molecule has 5 heterocycles. The van der Waals surface area contributed by atoms with Crippen molar-refractivity contribution in [1.29, 1.82) is 0 Å². The van der Waals surface area contributed by atoms with Crippen molar-refractivity contribution < 1.29 is 18.5 Å². The van der Waals surface area contributed by atoms with Gasteiger partial charge in [-0.2, -0.15) is 4.98 Å². The molecule has 2 unspecified atom stereocenters. The summed E-state index contributed by atoms with van der Waals surface area (Å²) in [6.45, 7) is 8.18. The van der Waals surface area contributed by atoms with E-state index in [1.807, 2.05) is 19.9 Å². The van der Waals surface area contributed by atoms with Crippen LogP contribution in [0.2, 0.25) is 0 Å². The van der Waals surface area contributed by atoms with Crippen LogP contribution in [0.4, 0.5) is 22.4 Å². The lowest BCUT2D eigenvalue weighted by atomic mass is 10.1. The molecule has 3 aliphatic rings. The Morgan fingerprint density at radius 2 is 2.22 bits per heavy atom. The van der Waals surface area contributed by atoms with Gasteiger partial charge in [0.15, 0.2) is 11.6 Å². The van der Waals surface area contributed by atoms with Crippen LogP contribution in [0.25, 0.3) is 0 Å². The number of hydrogen-bond acceptors (Lipinski definition) is 10. The van der Waals surface area contributed by atoms with Gasteiger partial charge < -0.3 is 30.3 Å². The van der Waals surface area contributed by atoms with E-state index in [-0.39, 0.29) is 12.6 Å². The molecule has 12 heteroatoms. The van der Waals surface area contributed by atoms with E-state index in [0.29, 0.717) is 48.5 Å². The summed E-state index contributed by atoms with van der Waals surface area (Å²) < 4.78 is 23.8. The summed E-state index contributed by atoms with van der Waals surface area (Å²) in [7, 11) is -1.19. The molecule has 0 radical (unpaired) electrons. The van der Waals surface area contributed by atoms with Gasteiger partial charge in [0.1, 0.15) is 23.9 Å². The van der Waals surface area contributed by atoms with Crippen LogP contribution in [0.15, 0.2) is 17.2 Å². The highest BCUT2D eigenvalue weighted by Gasteiger charge is 2.36. The van der Waals surface area contributed by atoms with Crippen molar-refractivity contribution in [3.05, 3.63) is 23.5 Å². The number of amides is 1. The Balaban J connectivity index is 1.38. The molecule has 0 spiro atoms. The summed E-state index contributed by atoms with van der Waals surface area (Å²) >= 11 is 0. The maximum absolute atomic E-state index is 12.7. The number of primary amides is 1. The third-order valence-corrected chi connectivity index (χ3v) is 7.74. The van der Waals surface area contributed by atoms with E-state index >= 15 is 0 Å². The van der Waals surface area contributed by atoms with E-state index < -0.39 is 22.4 Å². The Morgan fingerprint density at radius 3 is 3.00 bits per heavy atom. The highest BCUT2D eigenvalue weighted by atomic mass is 32.2. The van der Waals surface area contributed by atoms with Crippen molar-refractivity contribution in [1.82, 2.24) is 15.0 Å². The third-order valence-electron chi connectivity index (χ3n) is 6.28. The van der Waals surface area contributed by atoms with Crippen molar-refractivity contribution >= 4 is 34.5 Å². The summed E-state index contributed by atoms with van der Waals surface area (Å²) in [5.74, 6) is 9.09. The second-order valence-electron chi connectivity index (χ2n) is 9.59. The molecule has 2 aromatic rings. The van der Waals surface area contributed by atoms with Crippen molar-refractivity contribution in [3.8, 4) is 17.6 Å². The highest BCUT2D eigenvalue weighted by Crippen LogP contribution is 2.36. The van der Waals surface area contributed by atoms with Gasteiger partial charge in [0.25, 0.3) is 0 Å². The number of aryl methyl sites for hydroxylation is 1. The minimum absolute atomic E-state index is 0.0408. The Kier molecular flexibility index (Phi) is 6.34. The molecule has 3 aliphatic heterocycles. The van der Waals surface area contributed by atoms with Crippen molar-refractivity contribution in [2.75, 3.05) is 53.7 Å². The summed E-state index contributed by atoms with van der Waals surface area (Å²) in [5, 5.41) is 3.31. The maximum Gasteiger partial charge on any atom is 0.404 e. The molecule has 0 saturated carbocycles. The normalized spacial score (nSPS) is 20.3. The number of fused-ring (bicyclic) bond motifs is 4. The van der Waals surface area contributed by atoms with Crippen molar-refractivity contribution in [2.45, 2.75) is 43.7 Å². The van der Waals surface area contributed by atoms with Crippen LogP contribution in [-0.4, -0.2) is 75.4 Å². The summed E-state index contributed by atoms with van der Waals surface area (Å²) in [5.41, 5.74) is 6.08. The molecule has 2 aromatic heterocycles. The monoisotopic (exact) mass is 511 g/mol. The second kappa shape index (κ2) is 9.46. The van der Waals surface area contributed by atoms with Crippen LogP contribution in [0.5, 0.6) is 5.75 Å². The summed E-state index contributed by atoms with van der Waals surface area (Å²) in [6.07, 6.45) is 1.55. The lowest BCUT2D eigenvalue weighted by molar-refractivity contribution is 0.138. The molecule has 0 aliphatic carbocycles. The molecule has 1 fully saturated rings. The number of carbonyl (C=O) groups excluding carboxylic acids is 1. The zero-order valence-electron chi connectivity index (χ0n) is 20.5. The van der Waals surface area contributed by atoms with Gasteiger partial charge in [-0.05, 0) is 20.8 Å². The predicted molar refractivity (Wildman–Crippen MR) is 136 cm³/mol. The number of anilines is 3. The number of nitrogens with zero attached hydrogens (tertiary/aromatic N) is 5. The molecule has 11 nitrogen and oxygen atoms in total. The van der Waals surface area contributed by atoms with Gasteiger partial charge in [-0.15, -0.1) is 5.92 Å². The number of pyridine rings is 1. The molecule has 2 atom stereocenters. The quantitative estimate of drug-likeness (QED) is 0.565. The van der Waals surface area contributed by atoms with Crippen LogP contribution in [0.3, 0.4) is 0 Å². The fourth-order valence-corrected chi connectivity index (χ4v) is 5.94. The highest BCUT2D eigenvalue weighted by molar-refractivity contribution is 7.85. The molecule has 0 bridgehead atoms. The Labute approximate surface area is 212 Å². The number of rotatable bonds is 5. The largest absolute Gasteiger partial charge is 0.487 e. The van der Waals surface area contributed by atoms with E-state index in [2.05, 4.69) is 31.9 Å². The van der Waals surface area contributed by atoms with Gasteiger partial charge in [-0.25, -0.2) is 14.8 Å². The number of aromatic nitrogens is 3. The third kappa shape index (κ3) is 4.75. The first-order valence-electron chi connectivity index (χ1n) is 11.8. The van der Waals surface area contributed by atoms with Crippen LogP contribution in [0, 0.1) is 11.8 Å². The molecule has 36 heavy (non-hydrogen) atoms. The van der Waals surface area contributed by atoms with Gasteiger partial charge in [0.05, 0.1) is 28.1 Å². The van der Waals surface area contributed by atoms with Crippen molar-refractivity contribution in [3.63, 3.8) is 0 Å². The zero-order valence-corrected chi connectivity index (χ0v) is 21.4. The summed E-state index contributed by atoms with van der Waals surface area (Å²) in [4.78, 5) is 30.3. The van der Waals surface area contributed by atoms with E-state index in [1.165, 1.54) is 0 Å². The van der Waals surface area contributed by atoms with Gasteiger partial charge in [-0.1, -0.05) is 5.92 Å². The fraction of sp³-hybridized carbons (Fsp3) is 0.500. The topological polar surface area (TPSA) is 136 Å². The Hall–Kier alpha value is -3.59. The van der Waals surface area contributed by atoms with E-state index in [4.69, 9.17) is 25.2 Å². The van der Waals surface area contributed by atoms with Crippen LogP contribution >= 0.6 is 0 Å². The van der Waals surface area contributed by atoms with E-state index in [9.17, 15) is 9.00 Å². The molecule has 5 rings (SSSR count). The van der Waals surface area contributed by atoms with E-state index in [1.54, 1.807) is 13.1 Å². The van der Waals surface area contributed by atoms with Gasteiger partial charge in [-0.3, -0.25) is 4.21 Å². The average molecular weight is 512 g/mol. The lowest BCUT2D eigenvalue weighted by Gasteiger charge is -2.44. The second-order valence-corrected chi connectivity index (χ2v) is 11.1. The Morgan fingerprint density at radius 1 is 1.39 bits per heavy atom. The lowest BCUT2D eigenvalue weighted by Crippen LogP contribution is -2.58. The maximum atomic E-state index is 12.7. The standard InChI is InChI=1S/C24H29N7O4S/c1-4-5-15-10-18-21(26-11-15)31-8-7-30(12-16(31)13-34-18)23-27-17-6-9-36(33)19(17)20(28-23)29-24(2,3)14-35-22(25)32/h10-11,16H,6-9,12-14H2,1-3H3,(H2,25,32)(H,27,28,29). The average Bonchev–Trinajstić information content (AvgIpc) is 3.23. The molecule has 0 aromatic carbocycles. The van der Waals surface area contributed by atoms with Crippen molar-refractivity contribution in [2.24, 2.45) is 5.73 Å². The van der Waals surface area contributed by atoms with Gasteiger partial charge >= 0.3 is 6.09 Å². The van der Waals surface area contributed by atoms with Crippen LogP contribution < -0.4 is 25.6 Å². The fourth-order valence-electron chi connectivity index (χ4n) is 4.63. The molecular formula is C24H29N7O4S. The molecule has 1 saturated heterocycles. The molecule has 1 amide bonds. The van der Waals surface area contributed by atoms with Crippen LogP contribution in [-0.2, 0) is 22.0 Å². The number of nitrogens with two attached hydrogens (primary N) is 1. The first-order valence-corrected chi connectivity index (χ1v) is 13.1. The van der Waals surface area contributed by atoms with Crippen LogP contribution in [0.1, 0.15) is 32.0 Å².